The van der Waals surface area contributed by atoms with Crippen molar-refractivity contribution in [2.75, 3.05) is 46.0 Å². The number of hydrogen-bond donors (Lipinski definition) is 1. The molecule has 30 heavy (non-hydrogen) atoms. The Morgan fingerprint density at radius 3 is 2.60 bits per heavy atom. The highest BCUT2D eigenvalue weighted by Gasteiger charge is 2.14. The van der Waals surface area contributed by atoms with Gasteiger partial charge in [-0.25, -0.2) is 4.39 Å². The van der Waals surface area contributed by atoms with E-state index >= 15 is 0 Å². The zero-order chi connectivity index (χ0) is 21.3. The molecule has 0 amide bonds. The van der Waals surface area contributed by atoms with Crippen LogP contribution in [0, 0.1) is 5.82 Å². The summed E-state index contributed by atoms with van der Waals surface area (Å²) in [5.41, 5.74) is 1.21. The molecule has 1 N–H and O–H groups in total. The molecule has 0 bridgehead atoms. The van der Waals surface area contributed by atoms with Gasteiger partial charge in [-0.2, -0.15) is 0 Å². The second-order valence-electron chi connectivity index (χ2n) is 6.94. The number of benzene rings is 2. The summed E-state index contributed by atoms with van der Waals surface area (Å²) in [6, 6.07) is 8.12. The fourth-order valence-corrected chi connectivity index (χ4v) is 3.64. The fraction of sp³-hybridized carbons (Fsp3) is 0.455. The first-order valence-electron chi connectivity index (χ1n) is 10.1. The van der Waals surface area contributed by atoms with Crippen LogP contribution < -0.4 is 14.8 Å². The van der Waals surface area contributed by atoms with E-state index in [4.69, 9.17) is 37.4 Å². The number of hydrogen-bond acceptors (Lipinski definition) is 5. The number of rotatable bonds is 10. The number of nitrogens with one attached hydrogen (secondary N) is 1. The van der Waals surface area contributed by atoms with Crippen molar-refractivity contribution in [2.24, 2.45) is 0 Å². The van der Waals surface area contributed by atoms with E-state index in [0.717, 1.165) is 45.0 Å². The van der Waals surface area contributed by atoms with Crippen molar-refractivity contribution >= 4 is 23.2 Å². The number of morpholine rings is 1. The van der Waals surface area contributed by atoms with E-state index in [0.29, 0.717) is 40.3 Å². The highest BCUT2D eigenvalue weighted by Crippen LogP contribution is 2.35. The molecule has 2 aromatic carbocycles. The van der Waals surface area contributed by atoms with Gasteiger partial charge in [-0.3, -0.25) is 4.90 Å². The Morgan fingerprint density at radius 2 is 1.87 bits per heavy atom. The monoisotopic (exact) mass is 456 g/mol. The fourth-order valence-electron chi connectivity index (χ4n) is 3.20. The highest BCUT2D eigenvalue weighted by atomic mass is 35.5. The maximum atomic E-state index is 14.0. The van der Waals surface area contributed by atoms with Crippen LogP contribution in [-0.2, 0) is 17.9 Å². The summed E-state index contributed by atoms with van der Waals surface area (Å²) < 4.78 is 30.9. The van der Waals surface area contributed by atoms with E-state index in [2.05, 4.69) is 10.2 Å². The molecule has 164 valence electrons. The molecule has 8 heteroatoms. The van der Waals surface area contributed by atoms with Crippen LogP contribution in [0.2, 0.25) is 10.0 Å². The Labute approximate surface area is 187 Å². The number of nitrogens with zero attached hydrogens (tertiary/aromatic N) is 1. The molecule has 2 aromatic rings. The van der Waals surface area contributed by atoms with Gasteiger partial charge in [0.15, 0.2) is 11.5 Å². The Hall–Kier alpha value is -1.57. The summed E-state index contributed by atoms with van der Waals surface area (Å²) in [7, 11) is 0. The molecular weight excluding hydrogens is 430 g/mol. The van der Waals surface area contributed by atoms with Crippen LogP contribution in [0.1, 0.15) is 18.1 Å². The first kappa shape index (κ1) is 23.1. The van der Waals surface area contributed by atoms with Crippen LogP contribution in [0.5, 0.6) is 11.5 Å². The summed E-state index contributed by atoms with van der Waals surface area (Å²) in [5, 5.41) is 4.30. The van der Waals surface area contributed by atoms with Crippen molar-refractivity contribution in [1.29, 1.82) is 0 Å². The van der Waals surface area contributed by atoms with Gasteiger partial charge in [-0.05, 0) is 30.7 Å². The van der Waals surface area contributed by atoms with Crippen LogP contribution in [0.3, 0.4) is 0 Å². The molecule has 1 aliphatic rings. The lowest BCUT2D eigenvalue weighted by atomic mass is 10.2. The van der Waals surface area contributed by atoms with Gasteiger partial charge in [0.05, 0.1) is 24.8 Å². The first-order valence-corrected chi connectivity index (χ1v) is 10.9. The van der Waals surface area contributed by atoms with Gasteiger partial charge in [0.25, 0.3) is 0 Å². The van der Waals surface area contributed by atoms with Crippen LogP contribution in [0.25, 0.3) is 0 Å². The van der Waals surface area contributed by atoms with Gasteiger partial charge in [0.1, 0.15) is 12.4 Å². The van der Waals surface area contributed by atoms with Crippen LogP contribution >= 0.6 is 23.2 Å². The van der Waals surface area contributed by atoms with Crippen LogP contribution in [0.4, 0.5) is 4.39 Å². The summed E-state index contributed by atoms with van der Waals surface area (Å²) >= 11 is 12.6. The maximum Gasteiger partial charge on any atom is 0.163 e. The lowest BCUT2D eigenvalue weighted by Gasteiger charge is -2.26. The van der Waals surface area contributed by atoms with E-state index in [9.17, 15) is 4.39 Å². The third-order valence-electron chi connectivity index (χ3n) is 4.87. The van der Waals surface area contributed by atoms with E-state index in [1.807, 2.05) is 13.0 Å². The summed E-state index contributed by atoms with van der Waals surface area (Å²) in [4.78, 5) is 2.37. The Kier molecular flexibility index (Phi) is 9.03. The molecule has 0 spiro atoms. The van der Waals surface area contributed by atoms with Crippen molar-refractivity contribution < 1.29 is 18.6 Å². The Bertz CT molecular complexity index is 812. The minimum atomic E-state index is -0.410. The first-order chi connectivity index (χ1) is 14.6. The zero-order valence-corrected chi connectivity index (χ0v) is 18.6. The third kappa shape index (κ3) is 6.46. The van der Waals surface area contributed by atoms with E-state index in [1.54, 1.807) is 18.2 Å². The Morgan fingerprint density at radius 1 is 1.10 bits per heavy atom. The van der Waals surface area contributed by atoms with Crippen molar-refractivity contribution in [3.8, 4) is 11.5 Å². The molecule has 0 aliphatic carbocycles. The van der Waals surface area contributed by atoms with Crippen molar-refractivity contribution in [2.45, 2.75) is 20.1 Å². The predicted octanol–water partition coefficient (Wildman–Crippen LogP) is 4.53. The smallest absolute Gasteiger partial charge is 0.163 e. The molecule has 0 atom stereocenters. The van der Waals surface area contributed by atoms with Gasteiger partial charge in [0, 0.05) is 49.4 Å². The topological polar surface area (TPSA) is 43.0 Å². The molecule has 1 heterocycles. The summed E-state index contributed by atoms with van der Waals surface area (Å²) in [6.45, 7) is 8.31. The van der Waals surface area contributed by atoms with Gasteiger partial charge >= 0.3 is 0 Å². The predicted molar refractivity (Wildman–Crippen MR) is 117 cm³/mol. The second kappa shape index (κ2) is 11.7. The van der Waals surface area contributed by atoms with Gasteiger partial charge in [-0.1, -0.05) is 29.3 Å². The SMILES string of the molecule is CCOc1cc(CNCCN2CCOCC2)c(Cl)cc1OCc1c(F)cccc1Cl. The third-order valence-corrected chi connectivity index (χ3v) is 5.58. The normalized spacial score (nSPS) is 14.7. The van der Waals surface area contributed by atoms with Crippen LogP contribution in [-0.4, -0.2) is 50.9 Å². The second-order valence-corrected chi connectivity index (χ2v) is 7.76. The molecular formula is C22H27Cl2FN2O3. The molecule has 1 saturated heterocycles. The molecule has 0 aromatic heterocycles. The van der Waals surface area contributed by atoms with Gasteiger partial charge in [0.2, 0.25) is 0 Å². The van der Waals surface area contributed by atoms with E-state index in [1.165, 1.54) is 6.07 Å². The van der Waals surface area contributed by atoms with Gasteiger partial charge in [-0.15, -0.1) is 0 Å². The molecule has 0 radical (unpaired) electrons. The highest BCUT2D eigenvalue weighted by molar-refractivity contribution is 6.31. The molecule has 3 rings (SSSR count). The number of ether oxygens (including phenoxy) is 3. The summed E-state index contributed by atoms with van der Waals surface area (Å²) in [5.74, 6) is 0.616. The summed E-state index contributed by atoms with van der Waals surface area (Å²) in [6.07, 6.45) is 0. The van der Waals surface area contributed by atoms with E-state index < -0.39 is 5.82 Å². The lowest BCUT2D eigenvalue weighted by Crippen LogP contribution is -2.40. The van der Waals surface area contributed by atoms with Crippen molar-refractivity contribution in [1.82, 2.24) is 10.2 Å². The Balaban J connectivity index is 1.61. The molecule has 1 aliphatic heterocycles. The molecule has 0 unspecified atom stereocenters. The standard InChI is InChI=1S/C22H27Cl2FN2O3/c1-2-29-21-12-16(14-26-6-7-27-8-10-28-11-9-27)19(24)13-22(21)30-15-17-18(23)4-3-5-20(17)25/h3-5,12-13,26H,2,6-11,14-15H2,1H3. The van der Waals surface area contributed by atoms with E-state index in [-0.39, 0.29) is 6.61 Å². The van der Waals surface area contributed by atoms with Crippen molar-refractivity contribution in [3.63, 3.8) is 0 Å². The lowest BCUT2D eigenvalue weighted by molar-refractivity contribution is 0.0384. The average molecular weight is 457 g/mol. The number of halogens is 3. The quantitative estimate of drug-likeness (QED) is 0.531. The molecule has 0 saturated carbocycles. The van der Waals surface area contributed by atoms with Crippen LogP contribution in [0.15, 0.2) is 30.3 Å². The van der Waals surface area contributed by atoms with Gasteiger partial charge < -0.3 is 19.5 Å². The zero-order valence-electron chi connectivity index (χ0n) is 17.1. The minimum absolute atomic E-state index is 0.0148. The maximum absolute atomic E-state index is 14.0. The van der Waals surface area contributed by atoms with Crippen molar-refractivity contribution in [3.05, 3.63) is 57.3 Å². The molecule has 1 fully saturated rings. The largest absolute Gasteiger partial charge is 0.490 e. The molecule has 5 nitrogen and oxygen atoms in total. The minimum Gasteiger partial charge on any atom is -0.490 e. The average Bonchev–Trinajstić information content (AvgIpc) is 2.74.